The zero-order valence-corrected chi connectivity index (χ0v) is 18.3. The molecule has 0 bridgehead atoms. The molecule has 3 rings (SSSR count). The van der Waals surface area contributed by atoms with Crippen molar-refractivity contribution in [2.24, 2.45) is 0 Å². The summed E-state index contributed by atoms with van der Waals surface area (Å²) in [6.07, 6.45) is 1.42. The molecular weight excluding hydrogens is 430 g/mol. The number of benzene rings is 2. The predicted octanol–water partition coefficient (Wildman–Crippen LogP) is 4.70. The minimum atomic E-state index is -0.462. The van der Waals surface area contributed by atoms with Crippen molar-refractivity contribution >= 4 is 46.3 Å². The minimum Gasteiger partial charge on any atom is -0.497 e. The Balaban J connectivity index is 1.78. The second kappa shape index (κ2) is 10.4. The zero-order chi connectivity index (χ0) is 23.1. The maximum atomic E-state index is 12.9. The van der Waals surface area contributed by atoms with Crippen LogP contribution in [0.5, 0.6) is 5.75 Å². The van der Waals surface area contributed by atoms with E-state index in [0.717, 1.165) is 5.69 Å². The molecule has 0 aliphatic carbocycles. The summed E-state index contributed by atoms with van der Waals surface area (Å²) in [6, 6.07) is 14.8. The van der Waals surface area contributed by atoms with Crippen LogP contribution in [0.15, 0.2) is 60.8 Å². The van der Waals surface area contributed by atoms with Gasteiger partial charge in [0.15, 0.2) is 0 Å². The third-order valence-corrected chi connectivity index (χ3v) is 4.62. The molecule has 164 valence electrons. The van der Waals surface area contributed by atoms with E-state index < -0.39 is 5.91 Å². The van der Waals surface area contributed by atoms with Crippen LogP contribution in [0.4, 0.5) is 17.2 Å². The van der Waals surface area contributed by atoms with Crippen molar-refractivity contribution in [3.63, 3.8) is 0 Å². The summed E-state index contributed by atoms with van der Waals surface area (Å²) in [5.41, 5.74) is 2.26. The number of anilines is 3. The summed E-state index contributed by atoms with van der Waals surface area (Å²) in [4.78, 5) is 29.7. The summed E-state index contributed by atoms with van der Waals surface area (Å²) in [5, 5.41) is 16.5. The highest BCUT2D eigenvalue weighted by Gasteiger charge is 2.16. The van der Waals surface area contributed by atoms with Crippen molar-refractivity contribution in [1.82, 2.24) is 4.98 Å². The fourth-order valence-electron chi connectivity index (χ4n) is 2.75. The average Bonchev–Trinajstić information content (AvgIpc) is 2.79. The summed E-state index contributed by atoms with van der Waals surface area (Å²) in [6.45, 7) is 2.14. The van der Waals surface area contributed by atoms with Crippen LogP contribution in [0, 0.1) is 5.41 Å². The number of ether oxygens (including phenoxy) is 1. The van der Waals surface area contributed by atoms with Gasteiger partial charge in [-0.2, -0.15) is 0 Å². The summed E-state index contributed by atoms with van der Waals surface area (Å²) in [5.74, 6) is -0.0453. The molecular formula is C23H22ClN5O3. The molecule has 0 saturated heterocycles. The fraction of sp³-hybridized carbons (Fsp3) is 0.130. The minimum absolute atomic E-state index is 0.217. The molecule has 8 nitrogen and oxygen atoms in total. The molecule has 2 aromatic carbocycles. The summed E-state index contributed by atoms with van der Waals surface area (Å²) >= 11 is 5.83. The van der Waals surface area contributed by atoms with Gasteiger partial charge in [-0.25, -0.2) is 4.98 Å². The average molecular weight is 452 g/mol. The molecule has 1 heterocycles. The standard InChI is InChI=1S/C23H22ClN5O3/c1-14(25)12-26-17-6-3-15(4-7-17)22(30)28-20-9-8-18(32-2)11-19(20)23(31)29-21-10-5-16(24)13-27-21/h3-11,13,25-26H,12H2,1-2H3,(H,28,30)(H,27,29,31). The van der Waals surface area contributed by atoms with Crippen molar-refractivity contribution in [3.05, 3.63) is 76.9 Å². The van der Waals surface area contributed by atoms with E-state index in [9.17, 15) is 9.59 Å². The molecule has 0 aliphatic rings. The normalized spacial score (nSPS) is 10.2. The van der Waals surface area contributed by atoms with E-state index in [1.165, 1.54) is 19.4 Å². The number of nitrogens with one attached hydrogen (secondary N) is 4. The Morgan fingerprint density at radius 1 is 1.03 bits per heavy atom. The molecule has 3 aromatic rings. The second-order valence-electron chi connectivity index (χ2n) is 6.89. The first kappa shape index (κ1) is 22.8. The Labute approximate surface area is 190 Å². The van der Waals surface area contributed by atoms with Gasteiger partial charge in [-0.3, -0.25) is 9.59 Å². The van der Waals surface area contributed by atoms with Gasteiger partial charge in [0, 0.05) is 23.2 Å². The van der Waals surface area contributed by atoms with Crippen LogP contribution < -0.4 is 20.7 Å². The lowest BCUT2D eigenvalue weighted by atomic mass is 10.1. The van der Waals surface area contributed by atoms with Crippen molar-refractivity contribution in [2.45, 2.75) is 6.92 Å². The highest BCUT2D eigenvalue weighted by atomic mass is 35.5. The van der Waals surface area contributed by atoms with Gasteiger partial charge in [0.1, 0.15) is 11.6 Å². The first-order valence-electron chi connectivity index (χ1n) is 9.66. The number of nitrogens with zero attached hydrogens (tertiary/aromatic N) is 1. The Bertz CT molecular complexity index is 1130. The summed E-state index contributed by atoms with van der Waals surface area (Å²) in [7, 11) is 1.49. The lowest BCUT2D eigenvalue weighted by molar-refractivity contribution is 0.102. The van der Waals surface area contributed by atoms with E-state index in [0.29, 0.717) is 40.1 Å². The zero-order valence-electron chi connectivity index (χ0n) is 17.5. The van der Waals surface area contributed by atoms with Gasteiger partial charge in [0.05, 0.1) is 29.9 Å². The highest BCUT2D eigenvalue weighted by molar-refractivity contribution is 6.30. The number of carbonyl (C=O) groups excluding carboxylic acids is 2. The first-order valence-corrected chi connectivity index (χ1v) is 10.0. The van der Waals surface area contributed by atoms with Gasteiger partial charge in [0.2, 0.25) is 0 Å². The lowest BCUT2D eigenvalue weighted by Gasteiger charge is -2.13. The van der Waals surface area contributed by atoms with Crippen molar-refractivity contribution in [2.75, 3.05) is 29.6 Å². The quantitative estimate of drug-likeness (QED) is 0.370. The second-order valence-corrected chi connectivity index (χ2v) is 7.33. The van der Waals surface area contributed by atoms with Gasteiger partial charge < -0.3 is 26.1 Å². The highest BCUT2D eigenvalue weighted by Crippen LogP contribution is 2.24. The van der Waals surface area contributed by atoms with E-state index in [1.54, 1.807) is 55.5 Å². The smallest absolute Gasteiger partial charge is 0.259 e. The van der Waals surface area contributed by atoms with Crippen LogP contribution in [0.3, 0.4) is 0 Å². The molecule has 4 N–H and O–H groups in total. The van der Waals surface area contributed by atoms with Crippen LogP contribution in [-0.4, -0.2) is 36.2 Å². The van der Waals surface area contributed by atoms with Crippen LogP contribution in [-0.2, 0) is 0 Å². The number of amides is 2. The maximum absolute atomic E-state index is 12.9. The first-order chi connectivity index (χ1) is 15.4. The third kappa shape index (κ3) is 6.05. The van der Waals surface area contributed by atoms with Crippen LogP contribution in [0.1, 0.15) is 27.6 Å². The van der Waals surface area contributed by atoms with E-state index in [1.807, 2.05) is 0 Å². The van der Waals surface area contributed by atoms with Crippen LogP contribution in [0.25, 0.3) is 0 Å². The van der Waals surface area contributed by atoms with Gasteiger partial charge in [-0.15, -0.1) is 0 Å². The molecule has 2 amide bonds. The molecule has 0 saturated carbocycles. The molecule has 0 unspecified atom stereocenters. The summed E-state index contributed by atoms with van der Waals surface area (Å²) < 4.78 is 5.22. The number of hydrogen-bond donors (Lipinski definition) is 4. The lowest BCUT2D eigenvalue weighted by Crippen LogP contribution is -2.19. The number of hydrogen-bond acceptors (Lipinski definition) is 6. The van der Waals surface area contributed by atoms with Gasteiger partial charge in [0.25, 0.3) is 11.8 Å². The monoisotopic (exact) mass is 451 g/mol. The topological polar surface area (TPSA) is 116 Å². The number of methoxy groups -OCH3 is 1. The Morgan fingerprint density at radius 3 is 2.41 bits per heavy atom. The largest absolute Gasteiger partial charge is 0.497 e. The molecule has 1 aromatic heterocycles. The van der Waals surface area contributed by atoms with E-state index in [-0.39, 0.29) is 11.5 Å². The number of rotatable bonds is 8. The third-order valence-electron chi connectivity index (χ3n) is 4.39. The van der Waals surface area contributed by atoms with Crippen molar-refractivity contribution in [3.8, 4) is 5.75 Å². The Morgan fingerprint density at radius 2 is 1.78 bits per heavy atom. The number of pyridine rings is 1. The molecule has 32 heavy (non-hydrogen) atoms. The van der Waals surface area contributed by atoms with Gasteiger partial charge >= 0.3 is 0 Å². The Hall–Kier alpha value is -3.91. The number of halogens is 1. The number of aromatic nitrogens is 1. The van der Waals surface area contributed by atoms with Crippen LogP contribution >= 0.6 is 11.6 Å². The molecule has 9 heteroatoms. The van der Waals surface area contributed by atoms with Gasteiger partial charge in [-0.1, -0.05) is 11.6 Å². The van der Waals surface area contributed by atoms with Gasteiger partial charge in [-0.05, 0) is 61.5 Å². The fourth-order valence-corrected chi connectivity index (χ4v) is 2.86. The molecule has 0 radical (unpaired) electrons. The molecule has 0 aliphatic heterocycles. The Kier molecular flexibility index (Phi) is 7.41. The van der Waals surface area contributed by atoms with Crippen molar-refractivity contribution in [1.29, 1.82) is 5.41 Å². The van der Waals surface area contributed by atoms with Crippen LogP contribution in [0.2, 0.25) is 5.02 Å². The SMILES string of the molecule is COc1ccc(NC(=O)c2ccc(NCC(C)=N)cc2)c(C(=O)Nc2ccc(Cl)cn2)c1. The van der Waals surface area contributed by atoms with E-state index in [2.05, 4.69) is 20.9 Å². The van der Waals surface area contributed by atoms with Crippen molar-refractivity contribution < 1.29 is 14.3 Å². The van der Waals surface area contributed by atoms with E-state index >= 15 is 0 Å². The predicted molar refractivity (Wildman–Crippen MR) is 126 cm³/mol. The molecule has 0 spiro atoms. The number of carbonyl (C=O) groups is 2. The molecule has 0 fully saturated rings. The maximum Gasteiger partial charge on any atom is 0.259 e. The molecule has 0 atom stereocenters. The van der Waals surface area contributed by atoms with E-state index in [4.69, 9.17) is 21.7 Å².